The maximum atomic E-state index is 12.1. The average molecular weight is 296 g/mol. The third-order valence-corrected chi connectivity index (χ3v) is 3.19. The van der Waals surface area contributed by atoms with Gasteiger partial charge in [-0.05, 0) is 11.6 Å². The predicted octanol–water partition coefficient (Wildman–Crippen LogP) is 3.27. The number of hydrogen-bond donors (Lipinski definition) is 0. The van der Waals surface area contributed by atoms with Crippen LogP contribution in [0.4, 0.5) is 5.69 Å². The zero-order valence-corrected chi connectivity index (χ0v) is 12.2. The van der Waals surface area contributed by atoms with Crippen molar-refractivity contribution < 1.29 is 9.72 Å². The van der Waals surface area contributed by atoms with Gasteiger partial charge in [-0.25, -0.2) is 0 Å². The molecule has 0 aromatic heterocycles. The Morgan fingerprint density at radius 2 is 1.77 bits per heavy atom. The predicted molar refractivity (Wildman–Crippen MR) is 85.0 cm³/mol. The number of benzene rings is 2. The fourth-order valence-electron chi connectivity index (χ4n) is 2.01. The van der Waals surface area contributed by atoms with Crippen LogP contribution in [0.25, 0.3) is 6.08 Å². The summed E-state index contributed by atoms with van der Waals surface area (Å²) >= 11 is 0. The Kier molecular flexibility index (Phi) is 5.03. The standard InChI is InChI=1S/C17H16N2O3/c1-18(13-15-9-5-6-10-16(15)19(21)22)17(20)12-11-14-7-3-2-4-8-14/h2-12H,13H2,1H3/b12-11+. The van der Waals surface area contributed by atoms with Crippen molar-refractivity contribution >= 4 is 17.7 Å². The lowest BCUT2D eigenvalue weighted by atomic mass is 10.1. The van der Waals surface area contributed by atoms with E-state index in [2.05, 4.69) is 0 Å². The first kappa shape index (κ1) is 15.4. The summed E-state index contributed by atoms with van der Waals surface area (Å²) in [4.78, 5) is 24.1. The van der Waals surface area contributed by atoms with Crippen LogP contribution < -0.4 is 0 Å². The van der Waals surface area contributed by atoms with Crippen molar-refractivity contribution in [2.24, 2.45) is 0 Å². The molecule has 0 heterocycles. The van der Waals surface area contributed by atoms with Crippen LogP contribution in [-0.2, 0) is 11.3 Å². The van der Waals surface area contributed by atoms with E-state index in [1.54, 1.807) is 31.3 Å². The quantitative estimate of drug-likeness (QED) is 0.483. The van der Waals surface area contributed by atoms with Gasteiger partial charge in [-0.3, -0.25) is 14.9 Å². The van der Waals surface area contributed by atoms with Crippen LogP contribution in [0.3, 0.4) is 0 Å². The first-order chi connectivity index (χ1) is 10.6. The smallest absolute Gasteiger partial charge is 0.274 e. The van der Waals surface area contributed by atoms with E-state index in [0.29, 0.717) is 5.56 Å². The van der Waals surface area contributed by atoms with Gasteiger partial charge in [-0.2, -0.15) is 0 Å². The molecule has 1 amide bonds. The number of nitrogens with zero attached hydrogens (tertiary/aromatic N) is 2. The van der Waals surface area contributed by atoms with Crippen LogP contribution in [-0.4, -0.2) is 22.8 Å². The number of nitro groups is 1. The number of rotatable bonds is 5. The fraction of sp³-hybridized carbons (Fsp3) is 0.118. The Morgan fingerprint density at radius 1 is 1.14 bits per heavy atom. The van der Waals surface area contributed by atoms with Crippen LogP contribution in [0.15, 0.2) is 60.7 Å². The van der Waals surface area contributed by atoms with E-state index in [4.69, 9.17) is 0 Å². The molecule has 0 aliphatic rings. The summed E-state index contributed by atoms with van der Waals surface area (Å²) in [7, 11) is 1.62. The van der Waals surface area contributed by atoms with Crippen molar-refractivity contribution in [1.29, 1.82) is 0 Å². The highest BCUT2D eigenvalue weighted by atomic mass is 16.6. The summed E-state index contributed by atoms with van der Waals surface area (Å²) in [5.41, 5.74) is 1.46. The van der Waals surface area contributed by atoms with Crippen LogP contribution in [0.5, 0.6) is 0 Å². The molecule has 0 aliphatic heterocycles. The molecule has 0 radical (unpaired) electrons. The van der Waals surface area contributed by atoms with E-state index in [1.807, 2.05) is 30.3 Å². The van der Waals surface area contributed by atoms with Crippen LogP contribution >= 0.6 is 0 Å². The number of carbonyl (C=O) groups excluding carboxylic acids is 1. The summed E-state index contributed by atoms with van der Waals surface area (Å²) in [5, 5.41) is 11.0. The zero-order chi connectivity index (χ0) is 15.9. The minimum absolute atomic E-state index is 0.0224. The molecule has 0 fully saturated rings. The highest BCUT2D eigenvalue weighted by molar-refractivity contribution is 5.91. The van der Waals surface area contributed by atoms with E-state index < -0.39 is 4.92 Å². The van der Waals surface area contributed by atoms with Gasteiger partial charge in [0.2, 0.25) is 5.91 Å². The molecule has 0 aliphatic carbocycles. The van der Waals surface area contributed by atoms with Gasteiger partial charge in [0.25, 0.3) is 5.69 Å². The average Bonchev–Trinajstić information content (AvgIpc) is 2.53. The molecule has 112 valence electrons. The molecule has 22 heavy (non-hydrogen) atoms. The first-order valence-corrected chi connectivity index (χ1v) is 6.78. The third kappa shape index (κ3) is 4.02. The summed E-state index contributed by atoms with van der Waals surface area (Å²) in [6.45, 7) is 0.190. The second kappa shape index (κ2) is 7.17. The minimum Gasteiger partial charge on any atom is -0.338 e. The van der Waals surface area contributed by atoms with E-state index >= 15 is 0 Å². The van der Waals surface area contributed by atoms with Crippen molar-refractivity contribution in [3.63, 3.8) is 0 Å². The summed E-state index contributed by atoms with van der Waals surface area (Å²) in [6.07, 6.45) is 3.18. The van der Waals surface area contributed by atoms with Crippen molar-refractivity contribution in [3.8, 4) is 0 Å². The van der Waals surface area contributed by atoms with Crippen molar-refractivity contribution in [2.75, 3.05) is 7.05 Å². The molecule has 0 atom stereocenters. The van der Waals surface area contributed by atoms with Crippen molar-refractivity contribution in [3.05, 3.63) is 81.9 Å². The van der Waals surface area contributed by atoms with Gasteiger partial charge >= 0.3 is 0 Å². The van der Waals surface area contributed by atoms with Crippen LogP contribution in [0, 0.1) is 10.1 Å². The SMILES string of the molecule is CN(Cc1ccccc1[N+](=O)[O-])C(=O)/C=C/c1ccccc1. The molecule has 0 saturated carbocycles. The molecule has 0 bridgehead atoms. The molecular formula is C17H16N2O3. The van der Waals surface area contributed by atoms with Crippen LogP contribution in [0.1, 0.15) is 11.1 Å². The van der Waals surface area contributed by atoms with E-state index in [9.17, 15) is 14.9 Å². The number of nitro benzene ring substituents is 1. The molecule has 0 unspecified atom stereocenters. The van der Waals surface area contributed by atoms with E-state index in [1.165, 1.54) is 17.0 Å². The largest absolute Gasteiger partial charge is 0.338 e. The van der Waals surface area contributed by atoms with E-state index in [0.717, 1.165) is 5.56 Å². The minimum atomic E-state index is -0.437. The molecule has 0 saturated heterocycles. The number of likely N-dealkylation sites (N-methyl/N-ethyl adjacent to an activating group) is 1. The maximum Gasteiger partial charge on any atom is 0.274 e. The number of amides is 1. The van der Waals surface area contributed by atoms with Crippen molar-refractivity contribution in [2.45, 2.75) is 6.54 Å². The molecule has 5 heteroatoms. The summed E-state index contributed by atoms with van der Waals surface area (Å²) in [6, 6.07) is 15.9. The Labute approximate surface area is 128 Å². The lowest BCUT2D eigenvalue weighted by Crippen LogP contribution is -2.24. The molecule has 0 spiro atoms. The Morgan fingerprint density at radius 3 is 2.45 bits per heavy atom. The van der Waals surface area contributed by atoms with Gasteiger partial charge in [0, 0.05) is 24.8 Å². The van der Waals surface area contributed by atoms with Crippen molar-refractivity contribution in [1.82, 2.24) is 4.90 Å². The van der Waals surface area contributed by atoms with Gasteiger partial charge < -0.3 is 4.90 Å². The molecule has 2 rings (SSSR count). The number of para-hydroxylation sites is 1. The molecular weight excluding hydrogens is 280 g/mol. The second-order valence-corrected chi connectivity index (χ2v) is 4.82. The van der Waals surface area contributed by atoms with Gasteiger partial charge in [-0.15, -0.1) is 0 Å². The van der Waals surface area contributed by atoms with Gasteiger partial charge in [0.05, 0.1) is 11.5 Å². The van der Waals surface area contributed by atoms with Gasteiger partial charge in [0.15, 0.2) is 0 Å². The Hall–Kier alpha value is -2.95. The highest BCUT2D eigenvalue weighted by Crippen LogP contribution is 2.19. The molecule has 2 aromatic carbocycles. The lowest BCUT2D eigenvalue weighted by Gasteiger charge is -2.15. The molecule has 2 aromatic rings. The molecule has 5 nitrogen and oxygen atoms in total. The highest BCUT2D eigenvalue weighted by Gasteiger charge is 2.15. The Balaban J connectivity index is 2.06. The third-order valence-electron chi connectivity index (χ3n) is 3.19. The van der Waals surface area contributed by atoms with Gasteiger partial charge in [-0.1, -0.05) is 48.5 Å². The van der Waals surface area contributed by atoms with Crippen LogP contribution in [0.2, 0.25) is 0 Å². The zero-order valence-electron chi connectivity index (χ0n) is 12.2. The topological polar surface area (TPSA) is 63.4 Å². The first-order valence-electron chi connectivity index (χ1n) is 6.78. The van der Waals surface area contributed by atoms with E-state index in [-0.39, 0.29) is 18.1 Å². The molecule has 0 N–H and O–H groups in total. The number of hydrogen-bond acceptors (Lipinski definition) is 3. The fourth-order valence-corrected chi connectivity index (χ4v) is 2.01. The monoisotopic (exact) mass is 296 g/mol. The second-order valence-electron chi connectivity index (χ2n) is 4.82. The normalized spacial score (nSPS) is 10.6. The number of carbonyl (C=O) groups is 1. The summed E-state index contributed by atoms with van der Waals surface area (Å²) < 4.78 is 0. The maximum absolute atomic E-state index is 12.1. The Bertz CT molecular complexity index is 696. The summed E-state index contributed by atoms with van der Waals surface area (Å²) in [5.74, 6) is -0.206. The lowest BCUT2D eigenvalue weighted by molar-refractivity contribution is -0.385. The van der Waals surface area contributed by atoms with Gasteiger partial charge in [0.1, 0.15) is 0 Å².